The van der Waals surface area contributed by atoms with Crippen molar-refractivity contribution in [2.45, 2.75) is 10.7 Å². The standard InChI is InChI=1S/C9H6F3N3O3S2/c1-19-8-14-4-5-2-3-13-7(6(5)15-8)18-20(16,17)9(10,11)12/h2-4H,1H3. The monoisotopic (exact) mass is 325 g/mol. The van der Waals surface area contributed by atoms with Crippen LogP contribution in [0.5, 0.6) is 5.88 Å². The van der Waals surface area contributed by atoms with E-state index in [1.807, 2.05) is 0 Å². The van der Waals surface area contributed by atoms with Crippen LogP contribution >= 0.6 is 11.8 Å². The number of thioether (sulfide) groups is 1. The first-order chi connectivity index (χ1) is 9.24. The zero-order chi connectivity index (χ0) is 15.0. The van der Waals surface area contributed by atoms with Crippen LogP contribution in [0.2, 0.25) is 0 Å². The van der Waals surface area contributed by atoms with Crippen LogP contribution in [0.15, 0.2) is 23.6 Å². The lowest BCUT2D eigenvalue weighted by atomic mass is 10.3. The molecule has 0 saturated carbocycles. The molecule has 0 aliphatic carbocycles. The molecule has 0 unspecified atom stereocenters. The van der Waals surface area contributed by atoms with E-state index in [1.54, 1.807) is 6.26 Å². The van der Waals surface area contributed by atoms with Gasteiger partial charge in [0.25, 0.3) is 5.88 Å². The predicted octanol–water partition coefficient (Wildman–Crippen LogP) is 1.98. The van der Waals surface area contributed by atoms with Crippen LogP contribution < -0.4 is 4.18 Å². The second-order valence-corrected chi connectivity index (χ2v) is 5.71. The highest BCUT2D eigenvalue weighted by Gasteiger charge is 2.49. The molecule has 0 bridgehead atoms. The molecule has 0 aromatic carbocycles. The number of pyridine rings is 1. The highest BCUT2D eigenvalue weighted by Crippen LogP contribution is 2.29. The molecule has 11 heteroatoms. The van der Waals surface area contributed by atoms with Gasteiger partial charge in [-0.1, -0.05) is 11.8 Å². The number of halogens is 3. The lowest BCUT2D eigenvalue weighted by Crippen LogP contribution is -2.28. The summed E-state index contributed by atoms with van der Waals surface area (Å²) in [5, 5.41) is 0.560. The second kappa shape index (κ2) is 5.05. The average Bonchev–Trinajstić information content (AvgIpc) is 2.37. The fraction of sp³-hybridized carbons (Fsp3) is 0.222. The SMILES string of the molecule is CSc1ncc2ccnc(OS(=O)(=O)C(F)(F)F)c2n1. The zero-order valence-corrected chi connectivity index (χ0v) is 11.4. The van der Waals surface area contributed by atoms with Crippen molar-refractivity contribution in [1.29, 1.82) is 0 Å². The fourth-order valence-electron chi connectivity index (χ4n) is 1.23. The van der Waals surface area contributed by atoms with E-state index in [0.29, 0.717) is 5.39 Å². The first kappa shape index (κ1) is 14.8. The summed E-state index contributed by atoms with van der Waals surface area (Å²) in [5.74, 6) is -0.738. The topological polar surface area (TPSA) is 82.0 Å². The number of rotatable bonds is 3. The van der Waals surface area contributed by atoms with Crippen LogP contribution in [0.3, 0.4) is 0 Å². The average molecular weight is 325 g/mol. The number of hydrogen-bond acceptors (Lipinski definition) is 7. The molecule has 20 heavy (non-hydrogen) atoms. The van der Waals surface area contributed by atoms with Crippen molar-refractivity contribution in [3.8, 4) is 5.88 Å². The summed E-state index contributed by atoms with van der Waals surface area (Å²) in [6, 6.07) is 1.42. The maximum atomic E-state index is 12.3. The fourth-order valence-corrected chi connectivity index (χ4v) is 1.99. The highest BCUT2D eigenvalue weighted by molar-refractivity contribution is 7.98. The van der Waals surface area contributed by atoms with Crippen molar-refractivity contribution in [2.24, 2.45) is 0 Å². The Morgan fingerprint density at radius 2 is 2.00 bits per heavy atom. The van der Waals surface area contributed by atoms with E-state index in [4.69, 9.17) is 0 Å². The Morgan fingerprint density at radius 3 is 2.60 bits per heavy atom. The molecule has 0 N–H and O–H groups in total. The van der Waals surface area contributed by atoms with Crippen LogP contribution in [-0.4, -0.2) is 35.1 Å². The molecule has 0 fully saturated rings. The summed E-state index contributed by atoms with van der Waals surface area (Å²) in [4.78, 5) is 11.3. The Hall–Kier alpha value is -1.62. The van der Waals surface area contributed by atoms with Gasteiger partial charge in [0.2, 0.25) is 0 Å². The van der Waals surface area contributed by atoms with E-state index in [2.05, 4.69) is 19.1 Å². The normalized spacial score (nSPS) is 12.6. The molecule has 0 aliphatic heterocycles. The number of hydrogen-bond donors (Lipinski definition) is 0. The number of nitrogens with zero attached hydrogens (tertiary/aromatic N) is 3. The predicted molar refractivity (Wildman–Crippen MR) is 64.7 cm³/mol. The summed E-state index contributed by atoms with van der Waals surface area (Å²) < 4.78 is 62.8. The summed E-state index contributed by atoms with van der Waals surface area (Å²) in [7, 11) is -5.79. The first-order valence-electron chi connectivity index (χ1n) is 4.91. The van der Waals surface area contributed by atoms with Gasteiger partial charge in [0.15, 0.2) is 5.16 Å². The van der Waals surface area contributed by atoms with Crippen LogP contribution in [-0.2, 0) is 10.1 Å². The van der Waals surface area contributed by atoms with Gasteiger partial charge >= 0.3 is 15.6 Å². The van der Waals surface area contributed by atoms with Crippen LogP contribution in [0.1, 0.15) is 0 Å². The number of aromatic nitrogens is 3. The third-order valence-electron chi connectivity index (χ3n) is 2.10. The molecule has 6 nitrogen and oxygen atoms in total. The minimum absolute atomic E-state index is 0.111. The third kappa shape index (κ3) is 2.77. The van der Waals surface area contributed by atoms with Crippen molar-refractivity contribution in [3.05, 3.63) is 18.5 Å². The van der Waals surface area contributed by atoms with Gasteiger partial charge < -0.3 is 4.18 Å². The maximum Gasteiger partial charge on any atom is 0.534 e. The van der Waals surface area contributed by atoms with Gasteiger partial charge in [-0.3, -0.25) is 0 Å². The molecule has 2 aromatic heterocycles. The third-order valence-corrected chi connectivity index (χ3v) is 3.60. The second-order valence-electron chi connectivity index (χ2n) is 3.39. The largest absolute Gasteiger partial charge is 0.534 e. The molecule has 0 radical (unpaired) electrons. The summed E-state index contributed by atoms with van der Waals surface area (Å²) in [6.07, 6.45) is 4.10. The molecule has 0 atom stereocenters. The van der Waals surface area contributed by atoms with Crippen molar-refractivity contribution in [3.63, 3.8) is 0 Å². The Kier molecular flexibility index (Phi) is 3.73. The van der Waals surface area contributed by atoms with E-state index in [0.717, 1.165) is 18.0 Å². The minimum atomic E-state index is -5.79. The zero-order valence-electron chi connectivity index (χ0n) is 9.75. The first-order valence-corrected chi connectivity index (χ1v) is 7.54. The van der Waals surface area contributed by atoms with Crippen molar-refractivity contribution in [1.82, 2.24) is 15.0 Å². The summed E-state index contributed by atoms with van der Waals surface area (Å²) in [5.41, 5.74) is -5.65. The van der Waals surface area contributed by atoms with Gasteiger partial charge in [-0.05, 0) is 12.3 Å². The molecule has 108 valence electrons. The molecular formula is C9H6F3N3O3S2. The molecule has 2 rings (SSSR count). The highest BCUT2D eigenvalue weighted by atomic mass is 32.2. The smallest absolute Gasteiger partial charge is 0.353 e. The number of alkyl halides is 3. The number of fused-ring (bicyclic) bond motifs is 1. The lowest BCUT2D eigenvalue weighted by molar-refractivity contribution is -0.0500. The van der Waals surface area contributed by atoms with Crippen molar-refractivity contribution >= 4 is 32.8 Å². The molecule has 0 aliphatic rings. The van der Waals surface area contributed by atoms with E-state index in [-0.39, 0.29) is 10.7 Å². The van der Waals surface area contributed by atoms with Crippen molar-refractivity contribution < 1.29 is 25.8 Å². The van der Waals surface area contributed by atoms with Crippen LogP contribution in [0.25, 0.3) is 10.9 Å². The van der Waals surface area contributed by atoms with Gasteiger partial charge in [0.1, 0.15) is 5.52 Å². The van der Waals surface area contributed by atoms with E-state index >= 15 is 0 Å². The summed E-state index contributed by atoms with van der Waals surface area (Å²) in [6.45, 7) is 0. The minimum Gasteiger partial charge on any atom is -0.353 e. The molecule has 2 heterocycles. The molecule has 0 saturated heterocycles. The van der Waals surface area contributed by atoms with Crippen molar-refractivity contribution in [2.75, 3.05) is 6.26 Å². The maximum absolute atomic E-state index is 12.3. The lowest BCUT2D eigenvalue weighted by Gasteiger charge is -2.09. The van der Waals surface area contributed by atoms with E-state index < -0.39 is 21.5 Å². The van der Waals surface area contributed by atoms with Crippen LogP contribution in [0.4, 0.5) is 13.2 Å². The molecule has 2 aromatic rings. The molecule has 0 spiro atoms. The van der Waals surface area contributed by atoms with Crippen LogP contribution in [0, 0.1) is 0 Å². The van der Waals surface area contributed by atoms with E-state index in [1.165, 1.54) is 12.3 Å². The Bertz CT molecular complexity index is 749. The van der Waals surface area contributed by atoms with Gasteiger partial charge in [0, 0.05) is 17.8 Å². The Labute approximate surface area is 115 Å². The Morgan fingerprint density at radius 1 is 1.30 bits per heavy atom. The van der Waals surface area contributed by atoms with Gasteiger partial charge in [-0.15, -0.1) is 0 Å². The van der Waals surface area contributed by atoms with Gasteiger partial charge in [-0.25, -0.2) is 15.0 Å². The summed E-state index contributed by atoms with van der Waals surface area (Å²) >= 11 is 1.14. The van der Waals surface area contributed by atoms with Gasteiger partial charge in [-0.2, -0.15) is 21.6 Å². The molecule has 0 amide bonds. The molecular weight excluding hydrogens is 319 g/mol. The Balaban J connectivity index is 2.55. The quantitative estimate of drug-likeness (QED) is 0.369. The van der Waals surface area contributed by atoms with Gasteiger partial charge in [0.05, 0.1) is 0 Å². The van der Waals surface area contributed by atoms with E-state index in [9.17, 15) is 21.6 Å².